The van der Waals surface area contributed by atoms with Crippen molar-refractivity contribution in [3.8, 4) is 11.9 Å². The van der Waals surface area contributed by atoms with Crippen LogP contribution < -0.4 is 4.74 Å². The summed E-state index contributed by atoms with van der Waals surface area (Å²) in [6.07, 6.45) is 4.05. The number of fused-ring (bicyclic) bond motifs is 1. The highest BCUT2D eigenvalue weighted by Crippen LogP contribution is 2.21. The maximum absolute atomic E-state index is 12.7. The third-order valence-electron chi connectivity index (χ3n) is 4.38. The van der Waals surface area contributed by atoms with E-state index in [1.165, 1.54) is 0 Å². The second-order valence-corrected chi connectivity index (χ2v) is 6.05. The minimum atomic E-state index is -0.110. The Balaban J connectivity index is 1.44. The standard InChI is InChI=1S/C19H16N4O2/c20-11-13-3-6-22-18(9-13)25-16-5-8-23(12-16)19(24)15-1-2-17-14(10-15)4-7-21-17/h1-4,6-7,9-10,16,21H,5,8,12H2. The first-order valence-electron chi connectivity index (χ1n) is 8.12. The lowest BCUT2D eigenvalue weighted by atomic mass is 10.1. The van der Waals surface area contributed by atoms with Gasteiger partial charge in [-0.25, -0.2) is 4.98 Å². The van der Waals surface area contributed by atoms with Crippen LogP contribution in [0.1, 0.15) is 22.3 Å². The number of likely N-dealkylation sites (tertiary alicyclic amines) is 1. The second-order valence-electron chi connectivity index (χ2n) is 6.05. The maximum Gasteiger partial charge on any atom is 0.254 e. The van der Waals surface area contributed by atoms with Crippen LogP contribution in [0.5, 0.6) is 5.88 Å². The van der Waals surface area contributed by atoms with Crippen LogP contribution in [0.2, 0.25) is 0 Å². The molecule has 1 atom stereocenters. The first kappa shape index (κ1) is 15.2. The van der Waals surface area contributed by atoms with Gasteiger partial charge in [0.15, 0.2) is 0 Å². The van der Waals surface area contributed by atoms with Gasteiger partial charge in [0.1, 0.15) is 6.10 Å². The topological polar surface area (TPSA) is 82.0 Å². The fraction of sp³-hybridized carbons (Fsp3) is 0.211. The normalized spacial score (nSPS) is 16.8. The van der Waals surface area contributed by atoms with Crippen LogP contribution in [0.15, 0.2) is 48.8 Å². The van der Waals surface area contributed by atoms with Crippen LogP contribution in [0, 0.1) is 11.3 Å². The van der Waals surface area contributed by atoms with E-state index >= 15 is 0 Å². The summed E-state index contributed by atoms with van der Waals surface area (Å²) in [5.74, 6) is 0.431. The summed E-state index contributed by atoms with van der Waals surface area (Å²) < 4.78 is 5.83. The number of nitriles is 1. The van der Waals surface area contributed by atoms with Crippen molar-refractivity contribution < 1.29 is 9.53 Å². The van der Waals surface area contributed by atoms with Crippen molar-refractivity contribution in [2.45, 2.75) is 12.5 Å². The number of H-pyrrole nitrogens is 1. The fourth-order valence-corrected chi connectivity index (χ4v) is 3.09. The van der Waals surface area contributed by atoms with Crippen LogP contribution in [0.25, 0.3) is 10.9 Å². The number of nitrogens with zero attached hydrogens (tertiary/aromatic N) is 3. The van der Waals surface area contributed by atoms with E-state index in [0.29, 0.717) is 30.1 Å². The monoisotopic (exact) mass is 332 g/mol. The van der Waals surface area contributed by atoms with Crippen molar-refractivity contribution >= 4 is 16.8 Å². The number of hydrogen-bond acceptors (Lipinski definition) is 4. The zero-order chi connectivity index (χ0) is 17.2. The molecule has 4 rings (SSSR count). The molecule has 25 heavy (non-hydrogen) atoms. The SMILES string of the molecule is N#Cc1ccnc(OC2CCN(C(=O)c3ccc4[nH]ccc4c3)C2)c1. The highest BCUT2D eigenvalue weighted by molar-refractivity contribution is 5.98. The average Bonchev–Trinajstić information content (AvgIpc) is 3.29. The van der Waals surface area contributed by atoms with Gasteiger partial charge in [0, 0.05) is 47.9 Å². The summed E-state index contributed by atoms with van der Waals surface area (Å²) in [5.41, 5.74) is 2.20. The van der Waals surface area contributed by atoms with Gasteiger partial charge < -0.3 is 14.6 Å². The lowest BCUT2D eigenvalue weighted by Gasteiger charge is -2.17. The molecule has 0 bridgehead atoms. The van der Waals surface area contributed by atoms with Crippen molar-refractivity contribution in [1.82, 2.24) is 14.9 Å². The molecule has 1 aliphatic heterocycles. The number of pyridine rings is 1. The largest absolute Gasteiger partial charge is 0.472 e. The first-order valence-corrected chi connectivity index (χ1v) is 8.12. The fourth-order valence-electron chi connectivity index (χ4n) is 3.09. The number of ether oxygens (including phenoxy) is 1. The highest BCUT2D eigenvalue weighted by atomic mass is 16.5. The Morgan fingerprint density at radius 1 is 1.32 bits per heavy atom. The van der Waals surface area contributed by atoms with Crippen LogP contribution in [0.4, 0.5) is 0 Å². The summed E-state index contributed by atoms with van der Waals surface area (Å²) in [7, 11) is 0. The van der Waals surface area contributed by atoms with Crippen LogP contribution >= 0.6 is 0 Å². The van der Waals surface area contributed by atoms with Gasteiger partial charge in [-0.15, -0.1) is 0 Å². The lowest BCUT2D eigenvalue weighted by Crippen LogP contribution is -2.31. The Morgan fingerprint density at radius 3 is 3.12 bits per heavy atom. The number of rotatable bonds is 3. The van der Waals surface area contributed by atoms with Crippen LogP contribution in [0.3, 0.4) is 0 Å². The predicted molar refractivity (Wildman–Crippen MR) is 92.2 cm³/mol. The molecule has 0 aliphatic carbocycles. The van der Waals surface area contributed by atoms with Gasteiger partial charge in [0.25, 0.3) is 5.91 Å². The molecule has 3 aromatic rings. The van der Waals surface area contributed by atoms with E-state index in [-0.39, 0.29) is 12.0 Å². The molecule has 1 fully saturated rings. The van der Waals surface area contributed by atoms with Gasteiger partial charge in [0.2, 0.25) is 5.88 Å². The smallest absolute Gasteiger partial charge is 0.254 e. The van der Waals surface area contributed by atoms with E-state index in [4.69, 9.17) is 10.00 Å². The molecule has 0 spiro atoms. The minimum absolute atomic E-state index is 0.00735. The average molecular weight is 332 g/mol. The van der Waals surface area contributed by atoms with Gasteiger partial charge >= 0.3 is 0 Å². The molecule has 1 unspecified atom stereocenters. The van der Waals surface area contributed by atoms with E-state index in [9.17, 15) is 4.79 Å². The molecule has 0 radical (unpaired) electrons. The van der Waals surface area contributed by atoms with Crippen molar-refractivity contribution in [1.29, 1.82) is 5.26 Å². The Labute approximate surface area is 144 Å². The molecular weight excluding hydrogens is 316 g/mol. The molecule has 6 nitrogen and oxygen atoms in total. The minimum Gasteiger partial charge on any atom is -0.472 e. The zero-order valence-corrected chi connectivity index (χ0v) is 13.5. The number of carbonyl (C=O) groups excluding carboxylic acids is 1. The molecule has 1 aromatic carbocycles. The lowest BCUT2D eigenvalue weighted by molar-refractivity contribution is 0.0771. The molecule has 2 aromatic heterocycles. The number of nitrogens with one attached hydrogen (secondary N) is 1. The summed E-state index contributed by atoms with van der Waals surface area (Å²) in [4.78, 5) is 21.8. The van der Waals surface area contributed by atoms with Gasteiger partial charge in [-0.1, -0.05) is 0 Å². The van der Waals surface area contributed by atoms with Gasteiger partial charge in [0.05, 0.1) is 18.2 Å². The molecule has 1 amide bonds. The highest BCUT2D eigenvalue weighted by Gasteiger charge is 2.28. The molecule has 1 N–H and O–H groups in total. The van der Waals surface area contributed by atoms with Crippen molar-refractivity contribution in [2.75, 3.05) is 13.1 Å². The molecule has 6 heteroatoms. The predicted octanol–water partition coefficient (Wildman–Crippen LogP) is 2.73. The number of benzene rings is 1. The number of carbonyl (C=O) groups is 1. The van der Waals surface area contributed by atoms with Crippen LogP contribution in [-0.4, -0.2) is 40.0 Å². The van der Waals surface area contributed by atoms with Crippen molar-refractivity contribution in [3.63, 3.8) is 0 Å². The zero-order valence-electron chi connectivity index (χ0n) is 13.5. The van der Waals surface area contributed by atoms with Crippen LogP contribution in [-0.2, 0) is 0 Å². The Bertz CT molecular complexity index is 973. The molecule has 1 saturated heterocycles. The summed E-state index contributed by atoms with van der Waals surface area (Å²) >= 11 is 0. The van der Waals surface area contributed by atoms with Gasteiger partial charge in [-0.05, 0) is 30.3 Å². The Kier molecular flexibility index (Phi) is 3.82. The summed E-state index contributed by atoms with van der Waals surface area (Å²) in [6, 6.07) is 12.9. The van der Waals surface area contributed by atoms with Gasteiger partial charge in [-0.3, -0.25) is 4.79 Å². The molecule has 124 valence electrons. The number of amides is 1. The molecular formula is C19H16N4O2. The maximum atomic E-state index is 12.7. The van der Waals surface area contributed by atoms with E-state index in [1.807, 2.05) is 30.5 Å². The third kappa shape index (κ3) is 3.04. The van der Waals surface area contributed by atoms with E-state index in [0.717, 1.165) is 17.3 Å². The molecule has 1 aliphatic rings. The quantitative estimate of drug-likeness (QED) is 0.799. The summed E-state index contributed by atoms with van der Waals surface area (Å²) in [6.45, 7) is 1.16. The first-order chi connectivity index (χ1) is 12.2. The Hall–Kier alpha value is -3.33. The number of hydrogen-bond donors (Lipinski definition) is 1. The number of aromatic amines is 1. The van der Waals surface area contributed by atoms with E-state index < -0.39 is 0 Å². The summed E-state index contributed by atoms with van der Waals surface area (Å²) in [5, 5.41) is 9.96. The van der Waals surface area contributed by atoms with E-state index in [2.05, 4.69) is 16.0 Å². The second kappa shape index (κ2) is 6.29. The Morgan fingerprint density at radius 2 is 2.24 bits per heavy atom. The van der Waals surface area contributed by atoms with Crippen molar-refractivity contribution in [2.24, 2.45) is 0 Å². The van der Waals surface area contributed by atoms with Crippen molar-refractivity contribution in [3.05, 3.63) is 59.9 Å². The van der Waals surface area contributed by atoms with Gasteiger partial charge in [-0.2, -0.15) is 5.26 Å². The van der Waals surface area contributed by atoms with E-state index in [1.54, 1.807) is 23.2 Å². The molecule has 0 saturated carbocycles. The number of aromatic nitrogens is 2. The molecule has 3 heterocycles. The third-order valence-corrected chi connectivity index (χ3v) is 4.38.